The second kappa shape index (κ2) is 5.37. The number of benzene rings is 1. The molecular weight excluding hydrogens is 316 g/mol. The first-order valence-corrected chi connectivity index (χ1v) is 9.14. The van der Waals surface area contributed by atoms with Gasteiger partial charge in [0.1, 0.15) is 0 Å². The first kappa shape index (κ1) is 15.3. The Labute approximate surface area is 122 Å². The Morgan fingerprint density at radius 1 is 1.14 bits per heavy atom. The fraction of sp³-hybridized carbons (Fsp3) is 0.182. The number of H-pyrrole nitrogens is 1. The van der Waals surface area contributed by atoms with Gasteiger partial charge >= 0.3 is 0 Å². The highest BCUT2D eigenvalue weighted by atomic mass is 32.2. The molecule has 0 unspecified atom stereocenters. The molecule has 1 heterocycles. The number of hydrogen-bond donors (Lipinski definition) is 3. The monoisotopic (exact) mass is 330 g/mol. The fourth-order valence-electron chi connectivity index (χ4n) is 1.64. The van der Waals surface area contributed by atoms with Gasteiger partial charge in [-0.3, -0.25) is 9.44 Å². The molecule has 0 aliphatic heterocycles. The molecule has 0 aliphatic rings. The summed E-state index contributed by atoms with van der Waals surface area (Å²) >= 11 is 0. The van der Waals surface area contributed by atoms with Crippen molar-refractivity contribution >= 4 is 31.4 Å². The SMILES string of the molecule is Cc1cc(NS(=O)(=O)c2cnc[nH]2)ccc1NS(C)(=O)=O. The number of rotatable bonds is 5. The molecule has 0 saturated carbocycles. The lowest BCUT2D eigenvalue weighted by atomic mass is 10.2. The minimum absolute atomic E-state index is 0.0570. The van der Waals surface area contributed by atoms with Gasteiger partial charge in [0.2, 0.25) is 10.0 Å². The van der Waals surface area contributed by atoms with E-state index in [0.29, 0.717) is 16.9 Å². The Hall–Kier alpha value is -2.07. The van der Waals surface area contributed by atoms with Crippen LogP contribution < -0.4 is 9.44 Å². The molecule has 114 valence electrons. The summed E-state index contributed by atoms with van der Waals surface area (Å²) in [6.07, 6.45) is 3.50. The number of aromatic nitrogens is 2. The van der Waals surface area contributed by atoms with Crippen LogP contribution in [0.4, 0.5) is 11.4 Å². The second-order valence-electron chi connectivity index (χ2n) is 4.43. The summed E-state index contributed by atoms with van der Waals surface area (Å²) in [6, 6.07) is 4.48. The summed E-state index contributed by atoms with van der Waals surface area (Å²) in [5.41, 5.74) is 1.30. The average molecular weight is 330 g/mol. The van der Waals surface area contributed by atoms with Gasteiger partial charge in [0.25, 0.3) is 10.0 Å². The van der Waals surface area contributed by atoms with Crippen molar-refractivity contribution in [2.24, 2.45) is 0 Å². The molecule has 0 amide bonds. The molecule has 0 saturated heterocycles. The van der Waals surface area contributed by atoms with E-state index in [1.165, 1.54) is 30.7 Å². The van der Waals surface area contributed by atoms with Crippen molar-refractivity contribution < 1.29 is 16.8 Å². The molecule has 10 heteroatoms. The number of nitrogens with zero attached hydrogens (tertiary/aromatic N) is 1. The van der Waals surface area contributed by atoms with Crippen molar-refractivity contribution in [3.05, 3.63) is 36.3 Å². The minimum Gasteiger partial charge on any atom is -0.334 e. The van der Waals surface area contributed by atoms with Gasteiger partial charge < -0.3 is 4.98 Å². The third kappa shape index (κ3) is 3.95. The van der Waals surface area contributed by atoms with Crippen molar-refractivity contribution in [2.75, 3.05) is 15.7 Å². The third-order valence-electron chi connectivity index (χ3n) is 2.54. The van der Waals surface area contributed by atoms with Crippen molar-refractivity contribution in [3.8, 4) is 0 Å². The lowest BCUT2D eigenvalue weighted by Crippen LogP contribution is -2.14. The fourth-order valence-corrected chi connectivity index (χ4v) is 3.22. The van der Waals surface area contributed by atoms with Crippen LogP contribution in [0.2, 0.25) is 0 Å². The molecular formula is C11H14N4O4S2. The molecule has 0 spiro atoms. The van der Waals surface area contributed by atoms with Crippen LogP contribution in [0.3, 0.4) is 0 Å². The number of sulfonamides is 2. The van der Waals surface area contributed by atoms with Crippen LogP contribution in [-0.2, 0) is 20.0 Å². The smallest absolute Gasteiger partial charge is 0.278 e. The van der Waals surface area contributed by atoms with Crippen LogP contribution in [0, 0.1) is 6.92 Å². The molecule has 0 bridgehead atoms. The molecule has 0 radical (unpaired) electrons. The van der Waals surface area contributed by atoms with E-state index in [-0.39, 0.29) is 5.03 Å². The molecule has 21 heavy (non-hydrogen) atoms. The molecule has 0 aliphatic carbocycles. The maximum Gasteiger partial charge on any atom is 0.278 e. The van der Waals surface area contributed by atoms with Gasteiger partial charge in [0.05, 0.1) is 24.5 Å². The van der Waals surface area contributed by atoms with Gasteiger partial charge in [-0.25, -0.2) is 13.4 Å². The van der Waals surface area contributed by atoms with Gasteiger partial charge in [0.15, 0.2) is 5.03 Å². The zero-order valence-electron chi connectivity index (χ0n) is 11.3. The zero-order chi connectivity index (χ0) is 15.7. The topological polar surface area (TPSA) is 121 Å². The van der Waals surface area contributed by atoms with E-state index < -0.39 is 20.0 Å². The van der Waals surface area contributed by atoms with Crippen LogP contribution in [0.15, 0.2) is 35.7 Å². The number of imidazole rings is 1. The Bertz CT molecular complexity index is 842. The van der Waals surface area contributed by atoms with Crippen molar-refractivity contribution in [1.82, 2.24) is 9.97 Å². The number of aryl methyl sites for hydroxylation is 1. The van der Waals surface area contributed by atoms with E-state index in [2.05, 4.69) is 19.4 Å². The zero-order valence-corrected chi connectivity index (χ0v) is 12.9. The van der Waals surface area contributed by atoms with Crippen LogP contribution >= 0.6 is 0 Å². The van der Waals surface area contributed by atoms with E-state index in [1.54, 1.807) is 6.92 Å². The molecule has 2 aromatic rings. The van der Waals surface area contributed by atoms with Crippen LogP contribution in [0.1, 0.15) is 5.56 Å². The number of hydrogen-bond acceptors (Lipinski definition) is 5. The average Bonchev–Trinajstić information content (AvgIpc) is 2.85. The first-order chi connectivity index (χ1) is 9.67. The Balaban J connectivity index is 2.25. The predicted molar refractivity (Wildman–Crippen MR) is 79.0 cm³/mol. The molecule has 8 nitrogen and oxygen atoms in total. The molecule has 3 N–H and O–H groups in total. The van der Waals surface area contributed by atoms with Crippen molar-refractivity contribution in [3.63, 3.8) is 0 Å². The summed E-state index contributed by atoms with van der Waals surface area (Å²) in [4.78, 5) is 6.15. The third-order valence-corrected chi connectivity index (χ3v) is 4.43. The van der Waals surface area contributed by atoms with Crippen LogP contribution in [-0.4, -0.2) is 33.1 Å². The minimum atomic E-state index is -3.74. The molecule has 1 aromatic heterocycles. The lowest BCUT2D eigenvalue weighted by molar-refractivity contribution is 0.598. The maximum atomic E-state index is 12.0. The van der Waals surface area contributed by atoms with E-state index in [4.69, 9.17) is 0 Å². The highest BCUT2D eigenvalue weighted by molar-refractivity contribution is 7.92. The summed E-state index contributed by atoms with van der Waals surface area (Å²) < 4.78 is 51.1. The molecule has 2 rings (SSSR count). The normalized spacial score (nSPS) is 12.1. The standard InChI is InChI=1S/C11H14N4O4S2/c1-8-5-9(3-4-10(8)15-20(2,16)17)14-21(18,19)11-6-12-7-13-11/h3-7,14-15H,1-2H3,(H,12,13). The number of aromatic amines is 1. The highest BCUT2D eigenvalue weighted by Gasteiger charge is 2.16. The van der Waals surface area contributed by atoms with Gasteiger partial charge in [0, 0.05) is 5.69 Å². The first-order valence-electron chi connectivity index (χ1n) is 5.77. The van der Waals surface area contributed by atoms with Crippen LogP contribution in [0.25, 0.3) is 0 Å². The van der Waals surface area contributed by atoms with Gasteiger partial charge in [-0.1, -0.05) is 0 Å². The molecule has 0 atom stereocenters. The van der Waals surface area contributed by atoms with Gasteiger partial charge in [-0.2, -0.15) is 8.42 Å². The van der Waals surface area contributed by atoms with Crippen molar-refractivity contribution in [1.29, 1.82) is 0 Å². The summed E-state index contributed by atoms with van der Waals surface area (Å²) in [5.74, 6) is 0. The Morgan fingerprint density at radius 2 is 1.86 bits per heavy atom. The number of nitrogens with one attached hydrogen (secondary N) is 3. The van der Waals surface area contributed by atoms with E-state index in [9.17, 15) is 16.8 Å². The summed E-state index contributed by atoms with van der Waals surface area (Å²) in [6.45, 7) is 1.67. The van der Waals surface area contributed by atoms with E-state index >= 15 is 0 Å². The van der Waals surface area contributed by atoms with Gasteiger partial charge in [-0.15, -0.1) is 0 Å². The molecule has 0 fully saturated rings. The van der Waals surface area contributed by atoms with E-state index in [0.717, 1.165) is 6.26 Å². The quantitative estimate of drug-likeness (QED) is 0.752. The van der Waals surface area contributed by atoms with Crippen molar-refractivity contribution in [2.45, 2.75) is 11.9 Å². The summed E-state index contributed by atoms with van der Waals surface area (Å²) in [5, 5.41) is -0.0570. The van der Waals surface area contributed by atoms with Gasteiger partial charge in [-0.05, 0) is 30.7 Å². The Kier molecular flexibility index (Phi) is 3.92. The predicted octanol–water partition coefficient (Wildman–Crippen LogP) is 0.890. The highest BCUT2D eigenvalue weighted by Crippen LogP contribution is 2.22. The second-order valence-corrected chi connectivity index (χ2v) is 7.82. The number of anilines is 2. The maximum absolute atomic E-state index is 12.0. The van der Waals surface area contributed by atoms with Crippen LogP contribution in [0.5, 0.6) is 0 Å². The lowest BCUT2D eigenvalue weighted by Gasteiger charge is -2.11. The molecule has 1 aromatic carbocycles. The Morgan fingerprint density at radius 3 is 2.38 bits per heavy atom. The largest absolute Gasteiger partial charge is 0.334 e. The summed E-state index contributed by atoms with van der Waals surface area (Å²) in [7, 11) is -7.13. The van der Waals surface area contributed by atoms with E-state index in [1.807, 2.05) is 0 Å².